The summed E-state index contributed by atoms with van der Waals surface area (Å²) in [6.45, 7) is 3.84. The van der Waals surface area contributed by atoms with Crippen LogP contribution in [0.5, 0.6) is 0 Å². The lowest BCUT2D eigenvalue weighted by Gasteiger charge is -2.22. The molecular weight excluding hydrogens is 280 g/mol. The first-order chi connectivity index (χ1) is 8.16. The number of carbonyl (C=O) groups excluding carboxylic acids is 1. The standard InChI is InChI=1S/C13H17BrN2O/c1-9-7-11(4-5-12(9)14)16-13(17)10-3-2-6-15-8-10/h4-5,7,10,15H,2-3,6,8H2,1H3,(H,16,17)/t10-/m1/s1. The fourth-order valence-electron chi connectivity index (χ4n) is 2.04. The quantitative estimate of drug-likeness (QED) is 0.881. The van der Waals surface area contributed by atoms with Gasteiger partial charge in [0.05, 0.1) is 5.92 Å². The van der Waals surface area contributed by atoms with Crippen molar-refractivity contribution in [3.05, 3.63) is 28.2 Å². The van der Waals surface area contributed by atoms with E-state index >= 15 is 0 Å². The van der Waals surface area contributed by atoms with Crippen LogP contribution in [-0.4, -0.2) is 19.0 Å². The number of rotatable bonds is 2. The second kappa shape index (κ2) is 5.65. The summed E-state index contributed by atoms with van der Waals surface area (Å²) in [6, 6.07) is 5.87. The normalized spacial score (nSPS) is 20.0. The van der Waals surface area contributed by atoms with Crippen LogP contribution in [0.3, 0.4) is 0 Å². The van der Waals surface area contributed by atoms with E-state index in [9.17, 15) is 4.79 Å². The van der Waals surface area contributed by atoms with E-state index in [-0.39, 0.29) is 11.8 Å². The van der Waals surface area contributed by atoms with E-state index in [1.807, 2.05) is 25.1 Å². The van der Waals surface area contributed by atoms with E-state index < -0.39 is 0 Å². The van der Waals surface area contributed by atoms with Gasteiger partial charge >= 0.3 is 0 Å². The third kappa shape index (κ3) is 3.30. The Balaban J connectivity index is 1.99. The van der Waals surface area contributed by atoms with Gasteiger partial charge in [-0.25, -0.2) is 0 Å². The van der Waals surface area contributed by atoms with Crippen molar-refractivity contribution in [2.45, 2.75) is 19.8 Å². The average Bonchev–Trinajstić information content (AvgIpc) is 2.35. The molecule has 0 spiro atoms. The van der Waals surface area contributed by atoms with Crippen molar-refractivity contribution in [2.24, 2.45) is 5.92 Å². The molecule has 4 heteroatoms. The summed E-state index contributed by atoms with van der Waals surface area (Å²) in [7, 11) is 0. The van der Waals surface area contributed by atoms with Crippen LogP contribution in [0.15, 0.2) is 22.7 Å². The molecule has 1 saturated heterocycles. The molecule has 0 unspecified atom stereocenters. The van der Waals surface area contributed by atoms with Gasteiger partial charge in [0.25, 0.3) is 0 Å². The van der Waals surface area contributed by atoms with Crippen LogP contribution in [0.1, 0.15) is 18.4 Å². The fraction of sp³-hybridized carbons (Fsp3) is 0.462. The predicted molar refractivity (Wildman–Crippen MR) is 73.1 cm³/mol. The molecule has 17 heavy (non-hydrogen) atoms. The van der Waals surface area contributed by atoms with Gasteiger partial charge in [-0.3, -0.25) is 4.79 Å². The van der Waals surface area contributed by atoms with Crippen LogP contribution >= 0.6 is 15.9 Å². The highest BCUT2D eigenvalue weighted by molar-refractivity contribution is 9.10. The smallest absolute Gasteiger partial charge is 0.228 e. The molecule has 1 aliphatic heterocycles. The van der Waals surface area contributed by atoms with Gasteiger partial charge in [0.15, 0.2) is 0 Å². The summed E-state index contributed by atoms with van der Waals surface area (Å²) in [6.07, 6.45) is 2.06. The summed E-state index contributed by atoms with van der Waals surface area (Å²) in [5.74, 6) is 0.228. The van der Waals surface area contributed by atoms with Gasteiger partial charge in [0, 0.05) is 16.7 Å². The van der Waals surface area contributed by atoms with E-state index in [4.69, 9.17) is 0 Å². The maximum Gasteiger partial charge on any atom is 0.228 e. The van der Waals surface area contributed by atoms with E-state index in [1.54, 1.807) is 0 Å². The fourth-order valence-corrected chi connectivity index (χ4v) is 2.29. The molecule has 92 valence electrons. The zero-order valence-corrected chi connectivity index (χ0v) is 11.5. The van der Waals surface area contributed by atoms with Crippen molar-refractivity contribution in [3.8, 4) is 0 Å². The summed E-state index contributed by atoms with van der Waals surface area (Å²) in [4.78, 5) is 12.0. The lowest BCUT2D eigenvalue weighted by molar-refractivity contribution is -0.120. The Morgan fingerprint density at radius 2 is 2.35 bits per heavy atom. The maximum absolute atomic E-state index is 12.0. The van der Waals surface area contributed by atoms with Gasteiger partial charge in [0.2, 0.25) is 5.91 Å². The SMILES string of the molecule is Cc1cc(NC(=O)[C@@H]2CCCNC2)ccc1Br. The second-order valence-corrected chi connectivity index (χ2v) is 5.35. The third-order valence-electron chi connectivity index (χ3n) is 3.09. The summed E-state index contributed by atoms with van der Waals surface area (Å²) < 4.78 is 1.06. The Morgan fingerprint density at radius 1 is 1.53 bits per heavy atom. The number of hydrogen-bond donors (Lipinski definition) is 2. The molecule has 0 bridgehead atoms. The number of aryl methyl sites for hydroxylation is 1. The molecule has 0 radical (unpaired) electrons. The minimum absolute atomic E-state index is 0.104. The number of nitrogens with one attached hydrogen (secondary N) is 2. The van der Waals surface area contributed by atoms with Gasteiger partial charge < -0.3 is 10.6 Å². The molecule has 1 heterocycles. The number of anilines is 1. The van der Waals surface area contributed by atoms with Gasteiger partial charge in [-0.1, -0.05) is 15.9 Å². The number of hydrogen-bond acceptors (Lipinski definition) is 2. The maximum atomic E-state index is 12.0. The highest BCUT2D eigenvalue weighted by atomic mass is 79.9. The third-order valence-corrected chi connectivity index (χ3v) is 3.98. The molecule has 3 nitrogen and oxygen atoms in total. The molecular formula is C13H17BrN2O. The minimum atomic E-state index is 0.104. The molecule has 1 amide bonds. The summed E-state index contributed by atoms with van der Waals surface area (Å²) >= 11 is 3.45. The van der Waals surface area contributed by atoms with E-state index in [2.05, 4.69) is 26.6 Å². The van der Waals surface area contributed by atoms with Gasteiger partial charge in [-0.05, 0) is 50.1 Å². The molecule has 1 atom stereocenters. The number of benzene rings is 1. The zero-order chi connectivity index (χ0) is 12.3. The van der Waals surface area contributed by atoms with Crippen molar-refractivity contribution in [2.75, 3.05) is 18.4 Å². The van der Waals surface area contributed by atoms with Gasteiger partial charge in [-0.2, -0.15) is 0 Å². The predicted octanol–water partition coefficient (Wildman–Crippen LogP) is 2.70. The topological polar surface area (TPSA) is 41.1 Å². The molecule has 1 aromatic carbocycles. The second-order valence-electron chi connectivity index (χ2n) is 4.50. The van der Waals surface area contributed by atoms with Crippen molar-refractivity contribution in [3.63, 3.8) is 0 Å². The van der Waals surface area contributed by atoms with Crippen LogP contribution < -0.4 is 10.6 Å². The molecule has 1 aromatic rings. The molecule has 0 saturated carbocycles. The highest BCUT2D eigenvalue weighted by Gasteiger charge is 2.20. The largest absolute Gasteiger partial charge is 0.326 e. The van der Waals surface area contributed by atoms with Crippen LogP contribution in [0.25, 0.3) is 0 Å². The first-order valence-corrected chi connectivity index (χ1v) is 6.74. The number of amides is 1. The average molecular weight is 297 g/mol. The monoisotopic (exact) mass is 296 g/mol. The molecule has 2 rings (SSSR count). The summed E-state index contributed by atoms with van der Waals surface area (Å²) in [5.41, 5.74) is 2.01. The lowest BCUT2D eigenvalue weighted by atomic mass is 9.99. The molecule has 1 aliphatic rings. The van der Waals surface area contributed by atoms with Crippen molar-refractivity contribution < 1.29 is 4.79 Å². The molecule has 0 aliphatic carbocycles. The van der Waals surface area contributed by atoms with Crippen LogP contribution in [-0.2, 0) is 4.79 Å². The zero-order valence-electron chi connectivity index (χ0n) is 9.92. The molecule has 1 fully saturated rings. The first-order valence-electron chi connectivity index (χ1n) is 5.94. The van der Waals surface area contributed by atoms with Gasteiger partial charge in [-0.15, -0.1) is 0 Å². The van der Waals surface area contributed by atoms with E-state index in [0.29, 0.717) is 0 Å². The van der Waals surface area contributed by atoms with E-state index in [1.165, 1.54) is 0 Å². The Kier molecular flexibility index (Phi) is 4.18. The van der Waals surface area contributed by atoms with Crippen LogP contribution in [0, 0.1) is 12.8 Å². The van der Waals surface area contributed by atoms with Crippen molar-refractivity contribution >= 4 is 27.5 Å². The Bertz CT molecular complexity index is 414. The Hall–Kier alpha value is -0.870. The number of piperidine rings is 1. The van der Waals surface area contributed by atoms with Crippen LogP contribution in [0.4, 0.5) is 5.69 Å². The number of carbonyl (C=O) groups is 1. The van der Waals surface area contributed by atoms with Crippen molar-refractivity contribution in [1.82, 2.24) is 5.32 Å². The number of halogens is 1. The Morgan fingerprint density at radius 3 is 3.00 bits per heavy atom. The van der Waals surface area contributed by atoms with Crippen molar-refractivity contribution in [1.29, 1.82) is 0 Å². The molecule has 2 N–H and O–H groups in total. The highest BCUT2D eigenvalue weighted by Crippen LogP contribution is 2.21. The van der Waals surface area contributed by atoms with E-state index in [0.717, 1.165) is 41.7 Å². The lowest BCUT2D eigenvalue weighted by Crippen LogP contribution is -2.37. The minimum Gasteiger partial charge on any atom is -0.326 e. The summed E-state index contributed by atoms with van der Waals surface area (Å²) in [5, 5.41) is 6.23. The molecule has 0 aromatic heterocycles. The van der Waals surface area contributed by atoms with Gasteiger partial charge in [0.1, 0.15) is 0 Å². The Labute approximate surface area is 110 Å². The first kappa shape index (κ1) is 12.6. The van der Waals surface area contributed by atoms with Crippen LogP contribution in [0.2, 0.25) is 0 Å².